The number of likely N-dealkylation sites (N-methyl/N-ethyl adjacent to an activating group) is 1. The van der Waals surface area contributed by atoms with Crippen LogP contribution < -0.4 is 25.4 Å². The number of hydrogen-bond donors (Lipinski definition) is 5. The van der Waals surface area contributed by atoms with Crippen molar-refractivity contribution in [3.63, 3.8) is 0 Å². The zero-order valence-corrected chi connectivity index (χ0v) is 22.0. The minimum atomic E-state index is -1.12. The quantitative estimate of drug-likeness (QED) is 0.106. The van der Waals surface area contributed by atoms with E-state index >= 15 is 0 Å². The average molecular weight is 498 g/mol. The monoisotopic (exact) mass is 497 g/mol. The number of nitrogens with one attached hydrogen (secondary N) is 3. The number of aliphatic hydroxyl groups is 2. The van der Waals surface area contributed by atoms with Crippen LogP contribution in [-0.4, -0.2) is 67.4 Å². The maximum absolute atomic E-state index is 13.0. The van der Waals surface area contributed by atoms with Gasteiger partial charge in [0.15, 0.2) is 11.5 Å². The molecule has 1 aromatic rings. The van der Waals surface area contributed by atoms with E-state index in [1.54, 1.807) is 25.2 Å². The van der Waals surface area contributed by atoms with Crippen LogP contribution in [0.3, 0.4) is 0 Å². The van der Waals surface area contributed by atoms with Crippen LogP contribution in [0.15, 0.2) is 18.2 Å². The molecule has 0 aliphatic carbocycles. The van der Waals surface area contributed by atoms with E-state index in [0.717, 1.165) is 0 Å². The highest BCUT2D eigenvalue weighted by Crippen LogP contribution is 2.31. The van der Waals surface area contributed by atoms with E-state index in [1.807, 2.05) is 34.6 Å². The molecule has 0 spiro atoms. The van der Waals surface area contributed by atoms with E-state index in [-0.39, 0.29) is 24.0 Å². The molecule has 4 unspecified atom stereocenters. The standard InChI is InChI=1S/C25H43N3O7/c1-8-16(2)22(28-21(30)10-9-13-27-24(32)35-25(3,4)5)23(31)34-19-12-11-17(14-20(19)33-7)18(29)15-26-6/h11-12,14,16,18,22,24,26-27,29,32H,8-10,13,15H2,1-7H3,(H,28,30). The van der Waals surface area contributed by atoms with Crippen molar-refractivity contribution in [3.05, 3.63) is 23.8 Å². The Kier molecular flexibility index (Phi) is 13.2. The van der Waals surface area contributed by atoms with Gasteiger partial charge in [-0.2, -0.15) is 0 Å². The lowest BCUT2D eigenvalue weighted by Crippen LogP contribution is -2.47. The molecule has 200 valence electrons. The lowest BCUT2D eigenvalue weighted by Gasteiger charge is -2.24. The molecule has 1 aromatic carbocycles. The maximum atomic E-state index is 13.0. The Hall–Kier alpha value is -2.24. The number of carbonyl (C=O) groups excluding carboxylic acids is 2. The molecule has 0 aliphatic heterocycles. The van der Waals surface area contributed by atoms with Gasteiger partial charge in [-0.25, -0.2) is 4.79 Å². The van der Waals surface area contributed by atoms with E-state index in [9.17, 15) is 19.8 Å². The maximum Gasteiger partial charge on any atom is 0.334 e. The molecule has 1 rings (SSSR count). The summed E-state index contributed by atoms with van der Waals surface area (Å²) in [7, 11) is 3.19. The van der Waals surface area contributed by atoms with Crippen LogP contribution in [-0.2, 0) is 14.3 Å². The van der Waals surface area contributed by atoms with E-state index in [4.69, 9.17) is 14.2 Å². The molecule has 10 heteroatoms. The van der Waals surface area contributed by atoms with Crippen molar-refractivity contribution >= 4 is 11.9 Å². The molecule has 0 saturated heterocycles. The van der Waals surface area contributed by atoms with Gasteiger partial charge in [-0.15, -0.1) is 0 Å². The van der Waals surface area contributed by atoms with Gasteiger partial charge in [0.05, 0.1) is 18.8 Å². The Bertz CT molecular complexity index is 798. The van der Waals surface area contributed by atoms with Crippen LogP contribution in [0.1, 0.15) is 65.5 Å². The number of esters is 1. The summed E-state index contributed by atoms with van der Waals surface area (Å²) >= 11 is 0. The first-order valence-electron chi connectivity index (χ1n) is 12.0. The predicted molar refractivity (Wildman–Crippen MR) is 133 cm³/mol. The second-order valence-corrected chi connectivity index (χ2v) is 9.48. The van der Waals surface area contributed by atoms with Gasteiger partial charge < -0.3 is 35.1 Å². The summed E-state index contributed by atoms with van der Waals surface area (Å²) in [6.45, 7) is 10.0. The first-order valence-corrected chi connectivity index (χ1v) is 12.0. The second kappa shape index (κ2) is 15.0. The lowest BCUT2D eigenvalue weighted by molar-refractivity contribution is -0.181. The Balaban J connectivity index is 2.73. The number of ether oxygens (including phenoxy) is 3. The van der Waals surface area contributed by atoms with Gasteiger partial charge in [-0.1, -0.05) is 26.3 Å². The van der Waals surface area contributed by atoms with Gasteiger partial charge in [0, 0.05) is 19.5 Å². The van der Waals surface area contributed by atoms with E-state index in [0.29, 0.717) is 37.2 Å². The van der Waals surface area contributed by atoms with Crippen LogP contribution >= 0.6 is 0 Å². The van der Waals surface area contributed by atoms with E-state index < -0.39 is 30.1 Å². The van der Waals surface area contributed by atoms with Gasteiger partial charge in [0.1, 0.15) is 6.04 Å². The molecule has 0 radical (unpaired) electrons. The summed E-state index contributed by atoms with van der Waals surface area (Å²) in [6, 6.07) is 4.01. The third-order valence-corrected chi connectivity index (χ3v) is 5.33. The summed E-state index contributed by atoms with van der Waals surface area (Å²) in [4.78, 5) is 25.5. The van der Waals surface area contributed by atoms with Crippen LogP contribution in [0, 0.1) is 5.92 Å². The van der Waals surface area contributed by atoms with Gasteiger partial charge in [-0.05, 0) is 57.9 Å². The van der Waals surface area contributed by atoms with Gasteiger partial charge in [-0.3, -0.25) is 10.1 Å². The van der Waals surface area contributed by atoms with Gasteiger partial charge in [0.2, 0.25) is 12.3 Å². The van der Waals surface area contributed by atoms with E-state index in [2.05, 4.69) is 16.0 Å². The van der Waals surface area contributed by atoms with Gasteiger partial charge in [0.25, 0.3) is 0 Å². The summed E-state index contributed by atoms with van der Waals surface area (Å²) in [5, 5.41) is 28.4. The highest BCUT2D eigenvalue weighted by molar-refractivity contribution is 5.86. The smallest absolute Gasteiger partial charge is 0.334 e. The largest absolute Gasteiger partial charge is 0.493 e. The number of methoxy groups -OCH3 is 1. The molecule has 5 N–H and O–H groups in total. The van der Waals surface area contributed by atoms with Crippen molar-refractivity contribution in [1.29, 1.82) is 0 Å². The Morgan fingerprint density at radius 2 is 1.83 bits per heavy atom. The molecule has 0 saturated carbocycles. The van der Waals surface area contributed by atoms with Crippen LogP contribution in [0.25, 0.3) is 0 Å². The predicted octanol–water partition coefficient (Wildman–Crippen LogP) is 1.85. The van der Waals surface area contributed by atoms with Crippen LogP contribution in [0.2, 0.25) is 0 Å². The topological polar surface area (TPSA) is 138 Å². The number of hydrogen-bond acceptors (Lipinski definition) is 9. The zero-order chi connectivity index (χ0) is 26.6. The number of carbonyl (C=O) groups is 2. The molecule has 0 fully saturated rings. The average Bonchev–Trinajstić information content (AvgIpc) is 2.78. The van der Waals surface area contributed by atoms with Gasteiger partial charge >= 0.3 is 5.97 Å². The van der Waals surface area contributed by atoms with Crippen molar-refractivity contribution in [2.45, 2.75) is 78.0 Å². The lowest BCUT2D eigenvalue weighted by atomic mass is 9.99. The molecule has 0 aliphatic rings. The third kappa shape index (κ3) is 11.4. The van der Waals surface area contributed by atoms with Crippen molar-refractivity contribution < 1.29 is 34.0 Å². The normalized spacial score (nSPS) is 15.1. The Morgan fingerprint density at radius 1 is 1.14 bits per heavy atom. The molecule has 35 heavy (non-hydrogen) atoms. The first kappa shape index (κ1) is 30.8. The Labute approximate surface area is 208 Å². The molecule has 0 heterocycles. The number of amides is 1. The van der Waals surface area contributed by atoms with Crippen molar-refractivity contribution in [2.24, 2.45) is 5.92 Å². The minimum Gasteiger partial charge on any atom is -0.493 e. The highest BCUT2D eigenvalue weighted by Gasteiger charge is 2.28. The fraction of sp³-hybridized carbons (Fsp3) is 0.680. The zero-order valence-electron chi connectivity index (χ0n) is 22.0. The molecule has 10 nitrogen and oxygen atoms in total. The highest BCUT2D eigenvalue weighted by atomic mass is 16.6. The summed E-state index contributed by atoms with van der Waals surface area (Å²) in [5.41, 5.74) is 0.123. The van der Waals surface area contributed by atoms with Crippen LogP contribution in [0.5, 0.6) is 11.5 Å². The molecule has 0 aromatic heterocycles. The molecule has 4 atom stereocenters. The summed E-state index contributed by atoms with van der Waals surface area (Å²) < 4.78 is 16.3. The molecule has 0 bridgehead atoms. The molecular formula is C25H43N3O7. The number of benzene rings is 1. The fourth-order valence-corrected chi connectivity index (χ4v) is 3.22. The van der Waals surface area contributed by atoms with E-state index in [1.165, 1.54) is 7.11 Å². The SMILES string of the molecule is CCC(C)C(NC(=O)CCCNC(O)OC(C)(C)C)C(=O)Oc1ccc(C(O)CNC)cc1OC. The minimum absolute atomic E-state index is 0.158. The molecule has 1 amide bonds. The van der Waals surface area contributed by atoms with Crippen LogP contribution in [0.4, 0.5) is 0 Å². The van der Waals surface area contributed by atoms with Crippen molar-refractivity contribution in [3.8, 4) is 11.5 Å². The first-order chi connectivity index (χ1) is 16.4. The third-order valence-electron chi connectivity index (χ3n) is 5.33. The molecular weight excluding hydrogens is 454 g/mol. The number of aliphatic hydroxyl groups excluding tert-OH is 2. The van der Waals surface area contributed by atoms with Crippen molar-refractivity contribution in [2.75, 3.05) is 27.2 Å². The summed E-state index contributed by atoms with van der Waals surface area (Å²) in [5.74, 6) is -0.534. The summed E-state index contributed by atoms with van der Waals surface area (Å²) in [6.07, 6.45) is -0.590. The second-order valence-electron chi connectivity index (χ2n) is 9.48. The van der Waals surface area contributed by atoms with Crippen molar-refractivity contribution in [1.82, 2.24) is 16.0 Å². The Morgan fingerprint density at radius 3 is 2.40 bits per heavy atom. The fourth-order valence-electron chi connectivity index (χ4n) is 3.22. The number of rotatable bonds is 15.